The fraction of sp³-hybridized carbons (Fsp3) is 0.500. The standard InChI is InChI=1S/C26H35NO2/c1-25(2,3)27(20-21-12-6-4-7-13-21)24(28)18-17-23-16-10-11-19-26(23,29)22-14-8-5-9-15-22/h4-9,12-15,23,29H,10-11,16-20H2,1-3H3/t23-,26+/m0/s1. The summed E-state index contributed by atoms with van der Waals surface area (Å²) in [5.74, 6) is 0.295. The molecule has 29 heavy (non-hydrogen) atoms. The van der Waals surface area contributed by atoms with Gasteiger partial charge in [-0.25, -0.2) is 0 Å². The van der Waals surface area contributed by atoms with Crippen molar-refractivity contribution in [2.75, 3.05) is 0 Å². The molecule has 1 saturated carbocycles. The Morgan fingerprint density at radius 1 is 1.03 bits per heavy atom. The third-order valence-electron chi connectivity index (χ3n) is 6.31. The zero-order valence-corrected chi connectivity index (χ0v) is 18.1. The maximum absolute atomic E-state index is 13.2. The van der Waals surface area contributed by atoms with Crippen molar-refractivity contribution in [2.45, 2.75) is 77.0 Å². The summed E-state index contributed by atoms with van der Waals surface area (Å²) in [5.41, 5.74) is 1.09. The molecule has 3 heteroatoms. The molecule has 0 saturated heterocycles. The van der Waals surface area contributed by atoms with Crippen LogP contribution in [0.25, 0.3) is 0 Å². The van der Waals surface area contributed by atoms with Gasteiger partial charge in [0.15, 0.2) is 0 Å². The second-order valence-electron chi connectivity index (χ2n) is 9.41. The lowest BCUT2D eigenvalue weighted by atomic mass is 9.69. The molecule has 1 amide bonds. The van der Waals surface area contributed by atoms with Crippen LogP contribution in [-0.4, -0.2) is 21.5 Å². The van der Waals surface area contributed by atoms with Crippen LogP contribution in [0.1, 0.15) is 70.4 Å². The minimum atomic E-state index is -0.814. The minimum absolute atomic E-state index is 0.126. The van der Waals surface area contributed by atoms with E-state index in [9.17, 15) is 9.90 Å². The Hall–Kier alpha value is -2.13. The van der Waals surface area contributed by atoms with Gasteiger partial charge in [0, 0.05) is 18.5 Å². The van der Waals surface area contributed by atoms with Crippen LogP contribution in [0.15, 0.2) is 60.7 Å². The van der Waals surface area contributed by atoms with Gasteiger partial charge in [-0.15, -0.1) is 0 Å². The maximum atomic E-state index is 13.2. The highest BCUT2D eigenvalue weighted by molar-refractivity contribution is 5.77. The van der Waals surface area contributed by atoms with E-state index < -0.39 is 5.60 Å². The molecule has 0 unspecified atom stereocenters. The Kier molecular flexibility index (Phi) is 6.79. The number of hydrogen-bond acceptors (Lipinski definition) is 2. The van der Waals surface area contributed by atoms with E-state index >= 15 is 0 Å². The van der Waals surface area contributed by atoms with E-state index in [4.69, 9.17) is 0 Å². The van der Waals surface area contributed by atoms with Gasteiger partial charge in [0.25, 0.3) is 0 Å². The zero-order chi connectivity index (χ0) is 20.9. The third-order valence-corrected chi connectivity index (χ3v) is 6.31. The summed E-state index contributed by atoms with van der Waals surface area (Å²) in [6, 6.07) is 20.2. The van der Waals surface area contributed by atoms with Crippen LogP contribution in [0, 0.1) is 5.92 Å². The number of aliphatic hydroxyl groups is 1. The quantitative estimate of drug-likeness (QED) is 0.687. The number of hydrogen-bond donors (Lipinski definition) is 1. The highest BCUT2D eigenvalue weighted by Crippen LogP contribution is 2.44. The second-order valence-corrected chi connectivity index (χ2v) is 9.41. The first-order valence-electron chi connectivity index (χ1n) is 10.9. The molecule has 1 N–H and O–H groups in total. The van der Waals surface area contributed by atoms with Gasteiger partial charge in [0.05, 0.1) is 5.60 Å². The van der Waals surface area contributed by atoms with Crippen LogP contribution < -0.4 is 0 Å². The van der Waals surface area contributed by atoms with Gasteiger partial charge in [0.1, 0.15) is 0 Å². The van der Waals surface area contributed by atoms with Crippen molar-refractivity contribution in [3.8, 4) is 0 Å². The number of rotatable bonds is 6. The van der Waals surface area contributed by atoms with Crippen LogP contribution >= 0.6 is 0 Å². The van der Waals surface area contributed by atoms with E-state index in [2.05, 4.69) is 32.9 Å². The first-order chi connectivity index (χ1) is 13.8. The van der Waals surface area contributed by atoms with Gasteiger partial charge in [0.2, 0.25) is 5.91 Å². The topological polar surface area (TPSA) is 40.5 Å². The lowest BCUT2D eigenvalue weighted by molar-refractivity contribution is -0.138. The molecule has 0 aromatic heterocycles. The van der Waals surface area contributed by atoms with Gasteiger partial charge in [-0.05, 0) is 57.1 Å². The zero-order valence-electron chi connectivity index (χ0n) is 18.1. The molecule has 0 spiro atoms. The summed E-state index contributed by atoms with van der Waals surface area (Å²) in [6.07, 6.45) is 5.13. The molecule has 156 valence electrons. The van der Waals surface area contributed by atoms with Crippen molar-refractivity contribution < 1.29 is 9.90 Å². The largest absolute Gasteiger partial charge is 0.385 e. The SMILES string of the molecule is CC(C)(C)N(Cc1ccccc1)C(=O)CC[C@@H]1CCCC[C@@]1(O)c1ccccc1. The molecule has 0 aliphatic heterocycles. The monoisotopic (exact) mass is 393 g/mol. The number of carbonyl (C=O) groups excluding carboxylic acids is 1. The Balaban J connectivity index is 1.71. The van der Waals surface area contributed by atoms with E-state index in [1.807, 2.05) is 53.4 Å². The number of amides is 1. The van der Waals surface area contributed by atoms with Crippen molar-refractivity contribution in [3.63, 3.8) is 0 Å². The normalized spacial score (nSPS) is 22.3. The van der Waals surface area contributed by atoms with Crippen molar-refractivity contribution in [2.24, 2.45) is 5.92 Å². The van der Waals surface area contributed by atoms with Crippen molar-refractivity contribution >= 4 is 5.91 Å². The molecular formula is C26H35NO2. The predicted molar refractivity (Wildman–Crippen MR) is 118 cm³/mol. The van der Waals surface area contributed by atoms with Crippen LogP contribution in [0.5, 0.6) is 0 Å². The highest BCUT2D eigenvalue weighted by atomic mass is 16.3. The first-order valence-corrected chi connectivity index (χ1v) is 10.9. The van der Waals surface area contributed by atoms with Crippen LogP contribution in [-0.2, 0) is 16.9 Å². The molecule has 2 atom stereocenters. The molecule has 2 aromatic rings. The lowest BCUT2D eigenvalue weighted by Crippen LogP contribution is -2.45. The second kappa shape index (κ2) is 9.13. The van der Waals surface area contributed by atoms with E-state index in [0.29, 0.717) is 13.0 Å². The Morgan fingerprint density at radius 3 is 2.28 bits per heavy atom. The van der Waals surface area contributed by atoms with Crippen molar-refractivity contribution in [3.05, 3.63) is 71.8 Å². The molecule has 0 radical (unpaired) electrons. The fourth-order valence-electron chi connectivity index (χ4n) is 4.62. The van der Waals surface area contributed by atoms with Gasteiger partial charge < -0.3 is 10.0 Å². The molecule has 2 aromatic carbocycles. The smallest absolute Gasteiger partial charge is 0.223 e. The average Bonchev–Trinajstić information content (AvgIpc) is 2.72. The van der Waals surface area contributed by atoms with Gasteiger partial charge in [-0.3, -0.25) is 4.79 Å². The van der Waals surface area contributed by atoms with E-state index in [-0.39, 0.29) is 17.4 Å². The summed E-state index contributed by atoms with van der Waals surface area (Å²) < 4.78 is 0. The Labute approximate surface area is 175 Å². The van der Waals surface area contributed by atoms with E-state index in [1.165, 1.54) is 0 Å². The molecule has 1 aliphatic rings. The lowest BCUT2D eigenvalue weighted by Gasteiger charge is -2.41. The van der Waals surface area contributed by atoms with Crippen LogP contribution in [0.2, 0.25) is 0 Å². The van der Waals surface area contributed by atoms with E-state index in [1.54, 1.807) is 0 Å². The number of nitrogens with zero attached hydrogens (tertiary/aromatic N) is 1. The summed E-state index contributed by atoms with van der Waals surface area (Å²) in [6.45, 7) is 6.90. The molecule has 3 rings (SSSR count). The summed E-state index contributed by atoms with van der Waals surface area (Å²) in [5, 5.41) is 11.5. The average molecular weight is 394 g/mol. The molecule has 1 fully saturated rings. The third kappa shape index (κ3) is 5.27. The van der Waals surface area contributed by atoms with Crippen molar-refractivity contribution in [1.82, 2.24) is 4.90 Å². The number of benzene rings is 2. The Morgan fingerprint density at radius 2 is 1.66 bits per heavy atom. The first kappa shape index (κ1) is 21.6. The minimum Gasteiger partial charge on any atom is -0.385 e. The van der Waals surface area contributed by atoms with Gasteiger partial charge in [-0.1, -0.05) is 73.5 Å². The summed E-state index contributed by atoms with van der Waals surface area (Å²) in [7, 11) is 0. The molecule has 1 aliphatic carbocycles. The Bertz CT molecular complexity index is 781. The summed E-state index contributed by atoms with van der Waals surface area (Å²) >= 11 is 0. The van der Waals surface area contributed by atoms with Gasteiger partial charge in [-0.2, -0.15) is 0 Å². The van der Waals surface area contributed by atoms with Crippen LogP contribution in [0.3, 0.4) is 0 Å². The molecule has 0 bridgehead atoms. The van der Waals surface area contributed by atoms with E-state index in [0.717, 1.165) is 43.2 Å². The molecule has 0 heterocycles. The van der Waals surface area contributed by atoms with Crippen molar-refractivity contribution in [1.29, 1.82) is 0 Å². The maximum Gasteiger partial charge on any atom is 0.223 e. The molecule has 3 nitrogen and oxygen atoms in total. The van der Waals surface area contributed by atoms with Gasteiger partial charge >= 0.3 is 0 Å². The highest BCUT2D eigenvalue weighted by Gasteiger charge is 2.40. The number of carbonyl (C=O) groups is 1. The van der Waals surface area contributed by atoms with Crippen LogP contribution in [0.4, 0.5) is 0 Å². The fourth-order valence-corrected chi connectivity index (χ4v) is 4.62. The molecular weight excluding hydrogens is 358 g/mol. The summed E-state index contributed by atoms with van der Waals surface area (Å²) in [4.78, 5) is 15.2. The predicted octanol–water partition coefficient (Wildman–Crippen LogP) is 5.67.